The number of amides is 2. The molecule has 2 amide bonds. The zero-order valence-corrected chi connectivity index (χ0v) is 17.5. The lowest BCUT2D eigenvalue weighted by molar-refractivity contribution is -0.129. The number of nitrogens with one attached hydrogen (secondary N) is 1. The third kappa shape index (κ3) is 7.06. The van der Waals surface area contributed by atoms with E-state index in [0.29, 0.717) is 43.5 Å². The molecule has 6 nitrogen and oxygen atoms in total. The summed E-state index contributed by atoms with van der Waals surface area (Å²) in [7, 11) is 3.21. The highest BCUT2D eigenvalue weighted by Crippen LogP contribution is 2.27. The van der Waals surface area contributed by atoms with Gasteiger partial charge in [0.25, 0.3) is 0 Å². The normalized spacial score (nSPS) is 14.8. The molecule has 0 aromatic heterocycles. The van der Waals surface area contributed by atoms with Crippen LogP contribution in [0.25, 0.3) is 0 Å². The van der Waals surface area contributed by atoms with Gasteiger partial charge < -0.3 is 19.7 Å². The van der Waals surface area contributed by atoms with E-state index in [-0.39, 0.29) is 11.8 Å². The molecule has 0 atom stereocenters. The number of benzene rings is 1. The molecule has 156 valence electrons. The Labute approximate surface area is 168 Å². The summed E-state index contributed by atoms with van der Waals surface area (Å²) in [5.41, 5.74) is 1.06. The fourth-order valence-corrected chi connectivity index (χ4v) is 3.69. The summed E-state index contributed by atoms with van der Waals surface area (Å²) in [6, 6.07) is 6.06. The minimum absolute atomic E-state index is 0.0113. The van der Waals surface area contributed by atoms with Gasteiger partial charge in [-0.2, -0.15) is 0 Å². The van der Waals surface area contributed by atoms with Crippen LogP contribution < -0.4 is 14.8 Å². The standard InChI is InChI=1S/C22H34N2O4/c1-17(25)24(14-12-18-10-11-20(27-2)21(16-18)28-3)15-13-22(26)23-19-8-6-4-5-7-9-19/h10-11,16,19H,4-9,12-15H2,1-3H3,(H,23,26). The maximum Gasteiger partial charge on any atom is 0.221 e. The topological polar surface area (TPSA) is 67.9 Å². The van der Waals surface area contributed by atoms with Gasteiger partial charge in [0.1, 0.15) is 0 Å². The molecule has 1 aromatic carbocycles. The summed E-state index contributed by atoms with van der Waals surface area (Å²) in [6.07, 6.45) is 8.10. The molecule has 0 unspecified atom stereocenters. The average Bonchev–Trinajstić information content (AvgIpc) is 2.96. The summed E-state index contributed by atoms with van der Waals surface area (Å²) in [6.45, 7) is 2.57. The Morgan fingerprint density at radius 3 is 2.32 bits per heavy atom. The van der Waals surface area contributed by atoms with E-state index in [9.17, 15) is 9.59 Å². The molecule has 0 saturated heterocycles. The quantitative estimate of drug-likeness (QED) is 0.657. The minimum atomic E-state index is -0.0113. The van der Waals surface area contributed by atoms with Gasteiger partial charge in [-0.3, -0.25) is 9.59 Å². The molecular weight excluding hydrogens is 356 g/mol. The van der Waals surface area contributed by atoms with Crippen LogP contribution in [0.4, 0.5) is 0 Å². The first-order chi connectivity index (χ1) is 13.5. The molecule has 0 bridgehead atoms. The van der Waals surface area contributed by atoms with E-state index < -0.39 is 0 Å². The number of hydrogen-bond acceptors (Lipinski definition) is 4. The van der Waals surface area contributed by atoms with Crippen LogP contribution in [-0.4, -0.2) is 50.1 Å². The lowest BCUT2D eigenvalue weighted by Crippen LogP contribution is -2.38. The fourth-order valence-electron chi connectivity index (χ4n) is 3.69. The van der Waals surface area contributed by atoms with Crippen molar-refractivity contribution in [3.63, 3.8) is 0 Å². The summed E-state index contributed by atoms with van der Waals surface area (Å²) < 4.78 is 10.6. The van der Waals surface area contributed by atoms with Crippen molar-refractivity contribution in [2.45, 2.75) is 64.3 Å². The highest BCUT2D eigenvalue weighted by Gasteiger charge is 2.16. The van der Waals surface area contributed by atoms with Crippen LogP contribution >= 0.6 is 0 Å². The Morgan fingerprint density at radius 1 is 1.04 bits per heavy atom. The third-order valence-corrected chi connectivity index (χ3v) is 5.39. The number of nitrogens with zero attached hydrogens (tertiary/aromatic N) is 1. The van der Waals surface area contributed by atoms with E-state index in [1.165, 1.54) is 25.7 Å². The molecule has 1 N–H and O–H groups in total. The van der Waals surface area contributed by atoms with Gasteiger partial charge in [-0.1, -0.05) is 31.7 Å². The first-order valence-electron chi connectivity index (χ1n) is 10.3. The van der Waals surface area contributed by atoms with Crippen LogP contribution in [0.3, 0.4) is 0 Å². The Morgan fingerprint density at radius 2 is 1.71 bits per heavy atom. The van der Waals surface area contributed by atoms with Crippen molar-refractivity contribution in [2.75, 3.05) is 27.3 Å². The van der Waals surface area contributed by atoms with Gasteiger partial charge >= 0.3 is 0 Å². The van der Waals surface area contributed by atoms with Gasteiger partial charge in [-0.05, 0) is 37.0 Å². The number of carbonyl (C=O) groups excluding carboxylic acids is 2. The van der Waals surface area contributed by atoms with Crippen molar-refractivity contribution >= 4 is 11.8 Å². The van der Waals surface area contributed by atoms with E-state index in [1.807, 2.05) is 18.2 Å². The van der Waals surface area contributed by atoms with E-state index in [2.05, 4.69) is 5.32 Å². The van der Waals surface area contributed by atoms with Crippen molar-refractivity contribution in [3.8, 4) is 11.5 Å². The first kappa shape index (κ1) is 22.1. The maximum atomic E-state index is 12.3. The average molecular weight is 391 g/mol. The number of carbonyl (C=O) groups is 2. The molecule has 1 aliphatic carbocycles. The second-order valence-corrected chi connectivity index (χ2v) is 7.45. The van der Waals surface area contributed by atoms with Crippen LogP contribution in [0.2, 0.25) is 0 Å². The molecule has 0 radical (unpaired) electrons. The molecule has 2 rings (SSSR count). The molecular formula is C22H34N2O4. The number of ether oxygens (including phenoxy) is 2. The van der Waals surface area contributed by atoms with Crippen LogP contribution in [0, 0.1) is 0 Å². The molecule has 0 heterocycles. The monoisotopic (exact) mass is 390 g/mol. The van der Waals surface area contributed by atoms with Gasteiger partial charge in [0.2, 0.25) is 11.8 Å². The number of rotatable bonds is 9. The van der Waals surface area contributed by atoms with E-state index in [1.54, 1.807) is 26.0 Å². The highest BCUT2D eigenvalue weighted by molar-refractivity contribution is 5.78. The highest BCUT2D eigenvalue weighted by atomic mass is 16.5. The van der Waals surface area contributed by atoms with Crippen LogP contribution in [-0.2, 0) is 16.0 Å². The lowest BCUT2D eigenvalue weighted by atomic mass is 10.1. The summed E-state index contributed by atoms with van der Waals surface area (Å²) >= 11 is 0. The summed E-state index contributed by atoms with van der Waals surface area (Å²) in [5.74, 6) is 1.40. The third-order valence-electron chi connectivity index (χ3n) is 5.39. The molecule has 28 heavy (non-hydrogen) atoms. The maximum absolute atomic E-state index is 12.3. The van der Waals surface area contributed by atoms with Gasteiger partial charge in [-0.15, -0.1) is 0 Å². The Hall–Kier alpha value is -2.24. The van der Waals surface area contributed by atoms with Crippen molar-refractivity contribution < 1.29 is 19.1 Å². The van der Waals surface area contributed by atoms with Crippen molar-refractivity contribution in [2.24, 2.45) is 0 Å². The van der Waals surface area contributed by atoms with Crippen LogP contribution in [0.1, 0.15) is 57.4 Å². The molecule has 1 fully saturated rings. The Kier molecular flexibility index (Phi) is 9.11. The Bertz CT molecular complexity index is 639. The van der Waals surface area contributed by atoms with E-state index >= 15 is 0 Å². The lowest BCUT2D eigenvalue weighted by Gasteiger charge is -2.22. The van der Waals surface area contributed by atoms with Crippen LogP contribution in [0.15, 0.2) is 18.2 Å². The smallest absolute Gasteiger partial charge is 0.221 e. The van der Waals surface area contributed by atoms with Crippen molar-refractivity contribution in [3.05, 3.63) is 23.8 Å². The predicted octanol–water partition coefficient (Wildman–Crippen LogP) is 3.32. The minimum Gasteiger partial charge on any atom is -0.493 e. The number of methoxy groups -OCH3 is 2. The van der Waals surface area contributed by atoms with Crippen molar-refractivity contribution in [1.82, 2.24) is 10.2 Å². The zero-order valence-electron chi connectivity index (χ0n) is 17.5. The number of hydrogen-bond donors (Lipinski definition) is 1. The second-order valence-electron chi connectivity index (χ2n) is 7.45. The SMILES string of the molecule is COc1ccc(CCN(CCC(=O)NC2CCCCCC2)C(C)=O)cc1OC. The molecule has 6 heteroatoms. The van der Waals surface area contributed by atoms with Gasteiger partial charge in [-0.25, -0.2) is 0 Å². The first-order valence-corrected chi connectivity index (χ1v) is 10.3. The molecule has 1 saturated carbocycles. The predicted molar refractivity (Wildman–Crippen MR) is 110 cm³/mol. The van der Waals surface area contributed by atoms with E-state index in [4.69, 9.17) is 9.47 Å². The van der Waals surface area contributed by atoms with Crippen LogP contribution in [0.5, 0.6) is 11.5 Å². The summed E-state index contributed by atoms with van der Waals surface area (Å²) in [5, 5.41) is 3.15. The van der Waals surface area contributed by atoms with Gasteiger partial charge in [0.05, 0.1) is 14.2 Å². The molecule has 0 aliphatic heterocycles. The van der Waals surface area contributed by atoms with Gasteiger partial charge in [0, 0.05) is 32.5 Å². The molecule has 1 aromatic rings. The molecule has 1 aliphatic rings. The second kappa shape index (κ2) is 11.6. The van der Waals surface area contributed by atoms with E-state index in [0.717, 1.165) is 18.4 Å². The Balaban J connectivity index is 1.82. The molecule has 0 spiro atoms. The summed E-state index contributed by atoms with van der Waals surface area (Å²) in [4.78, 5) is 26.0. The zero-order chi connectivity index (χ0) is 20.4. The van der Waals surface area contributed by atoms with Crippen molar-refractivity contribution in [1.29, 1.82) is 0 Å². The fraction of sp³-hybridized carbons (Fsp3) is 0.636. The largest absolute Gasteiger partial charge is 0.493 e. The van der Waals surface area contributed by atoms with Gasteiger partial charge in [0.15, 0.2) is 11.5 Å².